The van der Waals surface area contributed by atoms with E-state index in [9.17, 15) is 9.59 Å². The first-order valence-corrected chi connectivity index (χ1v) is 12.1. The van der Waals surface area contributed by atoms with Crippen molar-refractivity contribution in [3.05, 3.63) is 52.6 Å². The summed E-state index contributed by atoms with van der Waals surface area (Å²) in [4.78, 5) is 26.7. The maximum atomic E-state index is 12.4. The van der Waals surface area contributed by atoms with Crippen LogP contribution in [0.3, 0.4) is 0 Å². The molecule has 31 heavy (non-hydrogen) atoms. The fraction of sp³-hybridized carbons (Fsp3) is 0.571. The number of Topliss-reactive ketones (excluding diaryl/α,β-unsaturated/α-hetero) is 1. The fourth-order valence-electron chi connectivity index (χ4n) is 6.72. The second-order valence-electron chi connectivity index (χ2n) is 10.1. The van der Waals surface area contributed by atoms with E-state index in [1.54, 1.807) is 12.5 Å². The normalized spacial score (nSPS) is 33.1. The summed E-state index contributed by atoms with van der Waals surface area (Å²) in [6.45, 7) is 6.35. The Balaban J connectivity index is 1.82. The van der Waals surface area contributed by atoms with Crippen LogP contribution in [0.5, 0.6) is 0 Å². The van der Waals surface area contributed by atoms with Gasteiger partial charge in [-0.25, -0.2) is 0 Å². The van der Waals surface area contributed by atoms with Crippen molar-refractivity contribution in [2.75, 3.05) is 19.0 Å². The Labute approximate surface area is 187 Å². The lowest BCUT2D eigenvalue weighted by molar-refractivity contribution is -0.122. The molecule has 3 aliphatic carbocycles. The highest BCUT2D eigenvalue weighted by Crippen LogP contribution is 2.57. The van der Waals surface area contributed by atoms with Gasteiger partial charge in [0.25, 0.3) is 0 Å². The van der Waals surface area contributed by atoms with Crippen LogP contribution in [0.2, 0.25) is 0 Å². The van der Waals surface area contributed by atoms with Crippen LogP contribution in [0.4, 0.5) is 5.69 Å². The van der Waals surface area contributed by atoms with Crippen molar-refractivity contribution in [1.29, 1.82) is 0 Å². The topological polar surface area (TPSA) is 37.4 Å². The molecule has 3 heteroatoms. The third-order valence-electron chi connectivity index (χ3n) is 8.30. The fourth-order valence-corrected chi connectivity index (χ4v) is 6.72. The standard InChI is InChI=1S/C28H37NO2/c1-6-19-15-22(31)11-12-25(19)28-17(2)23-13-14-24(18(3)30)27(23)16-26(28)20-7-9-21(10-8-20)29(4)5/h7-10,15,17,23-24,26-27H,6,11-14,16H2,1-5H3/b28-25+/t17-,23-,24?,26?,27?/m0/s1. The molecule has 0 aliphatic heterocycles. The molecule has 4 rings (SSSR count). The zero-order valence-corrected chi connectivity index (χ0v) is 19.8. The molecule has 1 aromatic carbocycles. The van der Waals surface area contributed by atoms with Crippen LogP contribution in [0.25, 0.3) is 0 Å². The molecule has 0 heterocycles. The monoisotopic (exact) mass is 419 g/mol. The van der Waals surface area contributed by atoms with Gasteiger partial charge in [-0.1, -0.05) is 31.6 Å². The number of benzene rings is 1. The molecule has 3 unspecified atom stereocenters. The number of hydrogen-bond acceptors (Lipinski definition) is 3. The minimum atomic E-state index is 0.219. The van der Waals surface area contributed by atoms with Crippen molar-refractivity contribution in [3.63, 3.8) is 0 Å². The Kier molecular flexibility index (Phi) is 6.23. The van der Waals surface area contributed by atoms with Crippen LogP contribution < -0.4 is 4.90 Å². The SMILES string of the molecule is CCC1=CC(=O)CC/C1=C1\C(c2ccc(N(C)C)cc2)CC2C(C(C)=O)CC[C@H]2[C@@H]1C. The van der Waals surface area contributed by atoms with Crippen LogP contribution in [0.15, 0.2) is 47.1 Å². The van der Waals surface area contributed by atoms with Crippen molar-refractivity contribution < 1.29 is 9.59 Å². The minimum Gasteiger partial charge on any atom is -0.378 e. The third-order valence-corrected chi connectivity index (χ3v) is 8.30. The van der Waals surface area contributed by atoms with E-state index >= 15 is 0 Å². The first-order chi connectivity index (χ1) is 14.8. The number of ketones is 2. The van der Waals surface area contributed by atoms with E-state index in [0.29, 0.717) is 35.9 Å². The summed E-state index contributed by atoms with van der Waals surface area (Å²) in [7, 11) is 4.14. The minimum absolute atomic E-state index is 0.219. The van der Waals surface area contributed by atoms with Gasteiger partial charge in [-0.15, -0.1) is 0 Å². The molecule has 0 N–H and O–H groups in total. The van der Waals surface area contributed by atoms with Crippen molar-refractivity contribution in [2.24, 2.45) is 23.7 Å². The first-order valence-electron chi connectivity index (χ1n) is 12.1. The van der Waals surface area contributed by atoms with Crippen molar-refractivity contribution in [2.45, 2.75) is 65.2 Å². The molecule has 3 aliphatic rings. The highest BCUT2D eigenvalue weighted by atomic mass is 16.1. The summed E-state index contributed by atoms with van der Waals surface area (Å²) in [5.74, 6) is 2.72. The summed E-state index contributed by atoms with van der Waals surface area (Å²) in [6, 6.07) is 9.00. The molecule has 2 saturated carbocycles. The molecular formula is C28H37NO2. The number of allylic oxidation sites excluding steroid dienone is 4. The lowest BCUT2D eigenvalue weighted by atomic mass is 9.61. The summed E-state index contributed by atoms with van der Waals surface area (Å²) < 4.78 is 0. The van der Waals surface area contributed by atoms with Gasteiger partial charge in [-0.3, -0.25) is 9.59 Å². The summed E-state index contributed by atoms with van der Waals surface area (Å²) in [6.07, 6.45) is 7.58. The van der Waals surface area contributed by atoms with E-state index in [1.165, 1.54) is 22.4 Å². The zero-order chi connectivity index (χ0) is 22.3. The second-order valence-corrected chi connectivity index (χ2v) is 10.1. The molecular weight excluding hydrogens is 382 g/mol. The number of nitrogens with zero attached hydrogens (tertiary/aromatic N) is 1. The number of hydrogen-bond donors (Lipinski definition) is 0. The molecule has 166 valence electrons. The van der Waals surface area contributed by atoms with Crippen molar-refractivity contribution in [3.8, 4) is 0 Å². The van der Waals surface area contributed by atoms with Crippen LogP contribution in [0.1, 0.15) is 70.8 Å². The molecule has 0 amide bonds. The molecule has 2 fully saturated rings. The third kappa shape index (κ3) is 4.04. The van der Waals surface area contributed by atoms with Gasteiger partial charge in [-0.2, -0.15) is 0 Å². The Bertz CT molecular complexity index is 921. The number of carbonyl (C=O) groups excluding carboxylic acids is 2. The van der Waals surface area contributed by atoms with E-state index in [0.717, 1.165) is 32.1 Å². The van der Waals surface area contributed by atoms with Gasteiger partial charge in [0.15, 0.2) is 5.78 Å². The lowest BCUT2D eigenvalue weighted by Crippen LogP contribution is -2.34. The molecule has 0 radical (unpaired) electrons. The number of anilines is 1. The highest BCUT2D eigenvalue weighted by molar-refractivity contribution is 5.93. The van der Waals surface area contributed by atoms with Crippen LogP contribution in [0, 0.1) is 23.7 Å². The Morgan fingerprint density at radius 2 is 1.77 bits per heavy atom. The maximum absolute atomic E-state index is 12.4. The van der Waals surface area contributed by atoms with Crippen LogP contribution >= 0.6 is 0 Å². The van der Waals surface area contributed by atoms with Gasteiger partial charge >= 0.3 is 0 Å². The second kappa shape index (κ2) is 8.76. The molecule has 3 nitrogen and oxygen atoms in total. The average molecular weight is 420 g/mol. The summed E-state index contributed by atoms with van der Waals surface area (Å²) >= 11 is 0. The Hall–Kier alpha value is -2.16. The maximum Gasteiger partial charge on any atom is 0.156 e. The van der Waals surface area contributed by atoms with Crippen LogP contribution in [-0.2, 0) is 9.59 Å². The van der Waals surface area contributed by atoms with E-state index in [-0.39, 0.29) is 11.7 Å². The molecule has 1 aromatic rings. The van der Waals surface area contributed by atoms with Crippen molar-refractivity contribution in [1.82, 2.24) is 0 Å². The van der Waals surface area contributed by atoms with Gasteiger partial charge in [-0.05, 0) is 91.7 Å². The summed E-state index contributed by atoms with van der Waals surface area (Å²) in [5.41, 5.74) is 6.82. The van der Waals surface area contributed by atoms with E-state index < -0.39 is 0 Å². The lowest BCUT2D eigenvalue weighted by Gasteiger charge is -2.43. The molecule has 0 aromatic heterocycles. The number of rotatable bonds is 4. The van der Waals surface area contributed by atoms with Gasteiger partial charge < -0.3 is 4.90 Å². The largest absolute Gasteiger partial charge is 0.378 e. The van der Waals surface area contributed by atoms with Crippen molar-refractivity contribution >= 4 is 17.3 Å². The van der Waals surface area contributed by atoms with Gasteiger partial charge in [0.2, 0.25) is 0 Å². The van der Waals surface area contributed by atoms with E-state index in [4.69, 9.17) is 0 Å². The van der Waals surface area contributed by atoms with Gasteiger partial charge in [0, 0.05) is 38.0 Å². The Morgan fingerprint density at radius 3 is 2.39 bits per heavy atom. The number of carbonyl (C=O) groups is 2. The highest BCUT2D eigenvalue weighted by Gasteiger charge is 2.48. The van der Waals surface area contributed by atoms with E-state index in [1.807, 2.05) is 6.08 Å². The molecule has 0 bridgehead atoms. The number of fused-ring (bicyclic) bond motifs is 1. The Morgan fingerprint density at radius 1 is 1.06 bits per heavy atom. The predicted molar refractivity (Wildman–Crippen MR) is 127 cm³/mol. The molecule has 5 atom stereocenters. The average Bonchev–Trinajstić information content (AvgIpc) is 3.19. The van der Waals surface area contributed by atoms with Gasteiger partial charge in [0.1, 0.15) is 5.78 Å². The predicted octanol–water partition coefficient (Wildman–Crippen LogP) is 6.10. The van der Waals surface area contributed by atoms with Crippen LogP contribution in [-0.4, -0.2) is 25.7 Å². The quantitative estimate of drug-likeness (QED) is 0.591. The molecule has 0 saturated heterocycles. The smallest absolute Gasteiger partial charge is 0.156 e. The molecule has 0 spiro atoms. The van der Waals surface area contributed by atoms with E-state index in [2.05, 4.69) is 57.1 Å². The first kappa shape index (κ1) is 22.0. The van der Waals surface area contributed by atoms with Gasteiger partial charge in [0.05, 0.1) is 0 Å². The summed E-state index contributed by atoms with van der Waals surface area (Å²) in [5, 5.41) is 0. The zero-order valence-electron chi connectivity index (χ0n) is 19.8.